The van der Waals surface area contributed by atoms with Crippen molar-refractivity contribution < 1.29 is 5.11 Å². The van der Waals surface area contributed by atoms with E-state index in [-0.39, 0.29) is 10.4 Å². The molecule has 0 atom stereocenters. The summed E-state index contributed by atoms with van der Waals surface area (Å²) in [7, 11) is 0. The van der Waals surface area contributed by atoms with Crippen LogP contribution in [0, 0.1) is 0 Å². The molecule has 2 aromatic heterocycles. The maximum atomic E-state index is 11.5. The molecule has 90 valence electrons. The van der Waals surface area contributed by atoms with Gasteiger partial charge in [-0.3, -0.25) is 4.79 Å². The largest absolute Gasteiger partial charge is 0.492 e. The van der Waals surface area contributed by atoms with Gasteiger partial charge in [0.2, 0.25) is 5.88 Å². The summed E-state index contributed by atoms with van der Waals surface area (Å²) in [6.07, 6.45) is 4.20. The maximum Gasteiger partial charge on any atom is 0.269 e. The number of aromatic nitrogens is 4. The highest BCUT2D eigenvalue weighted by Crippen LogP contribution is 2.20. The minimum atomic E-state index is -0.420. The Kier molecular flexibility index (Phi) is 3.28. The fourth-order valence-electron chi connectivity index (χ4n) is 1.51. The lowest BCUT2D eigenvalue weighted by Gasteiger charge is -2.06. The first kappa shape index (κ1) is 11.8. The van der Waals surface area contributed by atoms with Gasteiger partial charge in [-0.2, -0.15) is 4.98 Å². The number of H-pyrrole nitrogens is 1. The fraction of sp³-hybridized carbons (Fsp3) is 0.300. The molecular formula is C10H11BrN4O2. The summed E-state index contributed by atoms with van der Waals surface area (Å²) >= 11 is 2.95. The number of halogens is 1. The molecule has 0 aromatic carbocycles. The molecule has 0 aliphatic heterocycles. The van der Waals surface area contributed by atoms with Crippen molar-refractivity contribution >= 4 is 15.9 Å². The van der Waals surface area contributed by atoms with Gasteiger partial charge in [0.1, 0.15) is 10.2 Å². The zero-order chi connectivity index (χ0) is 12.4. The Balaban J connectivity index is 2.53. The molecule has 2 rings (SSSR count). The third-order valence-electron chi connectivity index (χ3n) is 2.26. The summed E-state index contributed by atoms with van der Waals surface area (Å²) in [6.45, 7) is 2.81. The van der Waals surface area contributed by atoms with Crippen LogP contribution in [0.25, 0.3) is 11.5 Å². The smallest absolute Gasteiger partial charge is 0.269 e. The molecule has 0 unspecified atom stereocenters. The van der Waals surface area contributed by atoms with Crippen LogP contribution in [0.15, 0.2) is 21.8 Å². The van der Waals surface area contributed by atoms with Crippen molar-refractivity contribution in [2.24, 2.45) is 0 Å². The summed E-state index contributed by atoms with van der Waals surface area (Å²) in [6, 6.07) is 0. The Labute approximate surface area is 105 Å². The Morgan fingerprint density at radius 2 is 2.35 bits per heavy atom. The van der Waals surface area contributed by atoms with Gasteiger partial charge < -0.3 is 14.7 Å². The second-order valence-electron chi connectivity index (χ2n) is 3.52. The molecule has 0 amide bonds. The fourth-order valence-corrected chi connectivity index (χ4v) is 1.69. The third kappa shape index (κ3) is 2.23. The lowest BCUT2D eigenvalue weighted by atomic mass is 10.4. The number of hydrogen-bond donors (Lipinski definition) is 2. The first-order chi connectivity index (χ1) is 8.13. The van der Waals surface area contributed by atoms with Crippen LogP contribution in [-0.4, -0.2) is 24.6 Å². The minimum Gasteiger partial charge on any atom is -0.492 e. The number of nitrogens with one attached hydrogen (secondary N) is 1. The summed E-state index contributed by atoms with van der Waals surface area (Å²) in [4.78, 5) is 22.0. The van der Waals surface area contributed by atoms with Crippen LogP contribution in [0.4, 0.5) is 0 Å². The predicted octanol–water partition coefficient (Wildman–Crippen LogP) is 1.51. The van der Waals surface area contributed by atoms with Gasteiger partial charge in [0.25, 0.3) is 5.56 Å². The van der Waals surface area contributed by atoms with E-state index in [4.69, 9.17) is 0 Å². The van der Waals surface area contributed by atoms with E-state index in [1.54, 1.807) is 12.5 Å². The van der Waals surface area contributed by atoms with E-state index >= 15 is 0 Å². The molecule has 2 aromatic rings. The lowest BCUT2D eigenvalue weighted by Crippen LogP contribution is -2.11. The molecule has 0 radical (unpaired) electrons. The van der Waals surface area contributed by atoms with E-state index in [0.29, 0.717) is 11.5 Å². The zero-order valence-corrected chi connectivity index (χ0v) is 10.7. The highest BCUT2D eigenvalue weighted by atomic mass is 79.9. The van der Waals surface area contributed by atoms with Gasteiger partial charge in [-0.05, 0) is 22.4 Å². The summed E-state index contributed by atoms with van der Waals surface area (Å²) in [5, 5.41) is 9.49. The number of aromatic hydroxyl groups is 1. The van der Waals surface area contributed by atoms with Gasteiger partial charge in [-0.15, -0.1) is 0 Å². The number of aryl methyl sites for hydroxylation is 1. The molecule has 2 heterocycles. The number of imidazole rings is 1. The summed E-state index contributed by atoms with van der Waals surface area (Å²) in [5.41, 5.74) is 0.253. The topological polar surface area (TPSA) is 83.8 Å². The SMILES string of the molecule is CCCn1cncc1-c1nc(O)c(Br)c(=O)[nH]1. The number of nitrogens with zero attached hydrogens (tertiary/aromatic N) is 3. The van der Waals surface area contributed by atoms with E-state index in [0.717, 1.165) is 13.0 Å². The average Bonchev–Trinajstić information content (AvgIpc) is 2.74. The monoisotopic (exact) mass is 298 g/mol. The third-order valence-corrected chi connectivity index (χ3v) is 2.98. The molecule has 0 saturated heterocycles. The van der Waals surface area contributed by atoms with Crippen LogP contribution in [0.3, 0.4) is 0 Å². The number of hydrogen-bond acceptors (Lipinski definition) is 4. The Morgan fingerprint density at radius 1 is 1.59 bits per heavy atom. The van der Waals surface area contributed by atoms with Gasteiger partial charge in [0, 0.05) is 6.54 Å². The molecule has 7 heteroatoms. The van der Waals surface area contributed by atoms with Crippen molar-refractivity contribution in [2.75, 3.05) is 0 Å². The van der Waals surface area contributed by atoms with Crippen LogP contribution in [0.5, 0.6) is 5.88 Å². The van der Waals surface area contributed by atoms with Crippen LogP contribution in [0.1, 0.15) is 13.3 Å². The first-order valence-electron chi connectivity index (χ1n) is 5.12. The second-order valence-corrected chi connectivity index (χ2v) is 4.32. The predicted molar refractivity (Wildman–Crippen MR) is 65.7 cm³/mol. The van der Waals surface area contributed by atoms with Gasteiger partial charge in [-0.25, -0.2) is 4.98 Å². The molecule has 0 saturated carbocycles. The minimum absolute atomic E-state index is 0.0304. The van der Waals surface area contributed by atoms with Crippen molar-refractivity contribution in [1.29, 1.82) is 0 Å². The molecule has 6 nitrogen and oxygen atoms in total. The molecule has 2 N–H and O–H groups in total. The van der Waals surface area contributed by atoms with Crippen molar-refractivity contribution in [1.82, 2.24) is 19.5 Å². The normalized spacial score (nSPS) is 10.7. The van der Waals surface area contributed by atoms with E-state index < -0.39 is 5.56 Å². The Bertz CT molecular complexity index is 590. The summed E-state index contributed by atoms with van der Waals surface area (Å²) < 4.78 is 1.90. The molecule has 0 fully saturated rings. The molecule has 17 heavy (non-hydrogen) atoms. The molecular weight excluding hydrogens is 288 g/mol. The van der Waals surface area contributed by atoms with Gasteiger partial charge in [-0.1, -0.05) is 6.92 Å². The van der Waals surface area contributed by atoms with Crippen molar-refractivity contribution in [2.45, 2.75) is 19.9 Å². The number of aromatic amines is 1. The van der Waals surface area contributed by atoms with Gasteiger partial charge in [0.15, 0.2) is 5.82 Å². The zero-order valence-electron chi connectivity index (χ0n) is 9.14. The van der Waals surface area contributed by atoms with Crippen molar-refractivity contribution in [3.05, 3.63) is 27.4 Å². The Morgan fingerprint density at radius 3 is 3.00 bits per heavy atom. The second kappa shape index (κ2) is 4.70. The van der Waals surface area contributed by atoms with Crippen molar-refractivity contribution in [3.63, 3.8) is 0 Å². The van der Waals surface area contributed by atoms with Gasteiger partial charge in [0.05, 0.1) is 12.5 Å². The Hall–Kier alpha value is -1.63. The van der Waals surface area contributed by atoms with Crippen molar-refractivity contribution in [3.8, 4) is 17.4 Å². The van der Waals surface area contributed by atoms with Gasteiger partial charge >= 0.3 is 0 Å². The van der Waals surface area contributed by atoms with E-state index in [9.17, 15) is 9.90 Å². The van der Waals surface area contributed by atoms with E-state index in [1.165, 1.54) is 0 Å². The molecule has 0 aliphatic rings. The van der Waals surface area contributed by atoms with E-state index in [1.807, 2.05) is 11.5 Å². The average molecular weight is 299 g/mol. The molecule has 0 aliphatic carbocycles. The summed E-state index contributed by atoms with van der Waals surface area (Å²) in [5.74, 6) is -0.0188. The first-order valence-corrected chi connectivity index (χ1v) is 5.92. The highest BCUT2D eigenvalue weighted by molar-refractivity contribution is 9.10. The van der Waals surface area contributed by atoms with Crippen LogP contribution >= 0.6 is 15.9 Å². The quantitative estimate of drug-likeness (QED) is 0.900. The molecule has 0 bridgehead atoms. The van der Waals surface area contributed by atoms with Crippen LogP contribution in [-0.2, 0) is 6.54 Å². The highest BCUT2D eigenvalue weighted by Gasteiger charge is 2.12. The standard InChI is InChI=1S/C10H11BrN4O2/c1-2-3-15-5-12-4-6(15)8-13-9(16)7(11)10(17)14-8/h4-5H,2-3H2,1H3,(H2,13,14,16,17). The maximum absolute atomic E-state index is 11.5. The number of rotatable bonds is 3. The van der Waals surface area contributed by atoms with E-state index in [2.05, 4.69) is 30.9 Å². The lowest BCUT2D eigenvalue weighted by molar-refractivity contribution is 0.447. The molecule has 0 spiro atoms. The van der Waals surface area contributed by atoms with Crippen LogP contribution < -0.4 is 5.56 Å². The van der Waals surface area contributed by atoms with Crippen LogP contribution in [0.2, 0.25) is 0 Å².